The molecule has 1 aromatic rings. The number of thioether (sulfide) groups is 1. The van der Waals surface area contributed by atoms with Gasteiger partial charge in [-0.05, 0) is 17.9 Å². The van der Waals surface area contributed by atoms with Gasteiger partial charge in [-0.25, -0.2) is 0 Å². The summed E-state index contributed by atoms with van der Waals surface area (Å²) in [6, 6.07) is 8.64. The summed E-state index contributed by atoms with van der Waals surface area (Å²) in [6.45, 7) is 1.99. The van der Waals surface area contributed by atoms with Crippen LogP contribution in [0, 0.1) is 0 Å². The van der Waals surface area contributed by atoms with Gasteiger partial charge < -0.3 is 4.90 Å². The molecule has 3 heteroatoms. The van der Waals surface area contributed by atoms with Crippen LogP contribution in [-0.2, 0) is 0 Å². The van der Waals surface area contributed by atoms with Crippen LogP contribution in [0.2, 0.25) is 0 Å². The topological polar surface area (TPSA) is 15.6 Å². The second-order valence-corrected chi connectivity index (χ2v) is 4.71. The zero-order chi connectivity index (χ0) is 10.7. The minimum Gasteiger partial charge on any atom is -0.365 e. The predicted octanol–water partition coefficient (Wildman–Crippen LogP) is 2.47. The minimum atomic E-state index is 0.545. The number of rotatable bonds is 2. The van der Waals surface area contributed by atoms with Crippen molar-refractivity contribution in [2.75, 3.05) is 26.4 Å². The normalized spacial score (nSPS) is 20.7. The fourth-order valence-electron chi connectivity index (χ4n) is 1.97. The van der Waals surface area contributed by atoms with Gasteiger partial charge in [0.1, 0.15) is 0 Å². The van der Waals surface area contributed by atoms with Crippen molar-refractivity contribution in [3.05, 3.63) is 29.8 Å². The van der Waals surface area contributed by atoms with Gasteiger partial charge in [-0.3, -0.25) is 4.99 Å². The Morgan fingerprint density at radius 1 is 1.40 bits per heavy atom. The third-order valence-corrected chi connectivity index (χ3v) is 3.50. The Hall–Kier alpha value is -0.960. The van der Waals surface area contributed by atoms with Gasteiger partial charge in [0.25, 0.3) is 0 Å². The average molecular weight is 220 g/mol. The third kappa shape index (κ3) is 2.34. The van der Waals surface area contributed by atoms with Crippen LogP contribution >= 0.6 is 11.8 Å². The standard InChI is InChI=1S/C12H16N2S/c1-14-8-10(7-13-9-14)11-5-3-4-6-12(11)15-2/h3-6,9-10H,7-8H2,1-2H3. The second kappa shape index (κ2) is 4.71. The Morgan fingerprint density at radius 3 is 2.93 bits per heavy atom. The lowest BCUT2D eigenvalue weighted by molar-refractivity contribution is 0.437. The fraction of sp³-hybridized carbons (Fsp3) is 0.417. The van der Waals surface area contributed by atoms with E-state index in [2.05, 4.69) is 47.5 Å². The largest absolute Gasteiger partial charge is 0.365 e. The van der Waals surface area contributed by atoms with Crippen LogP contribution in [0.3, 0.4) is 0 Å². The van der Waals surface area contributed by atoms with Gasteiger partial charge >= 0.3 is 0 Å². The quantitative estimate of drug-likeness (QED) is 0.712. The number of hydrogen-bond acceptors (Lipinski definition) is 3. The summed E-state index contributed by atoms with van der Waals surface area (Å²) in [6.07, 6.45) is 4.06. The highest BCUT2D eigenvalue weighted by molar-refractivity contribution is 7.98. The lowest BCUT2D eigenvalue weighted by Gasteiger charge is -2.26. The molecule has 0 bridgehead atoms. The van der Waals surface area contributed by atoms with E-state index in [1.165, 1.54) is 10.5 Å². The Balaban J connectivity index is 2.25. The summed E-state index contributed by atoms with van der Waals surface area (Å²) >= 11 is 1.82. The number of hydrogen-bond donors (Lipinski definition) is 0. The van der Waals surface area contributed by atoms with Crippen LogP contribution in [0.5, 0.6) is 0 Å². The van der Waals surface area contributed by atoms with Crippen molar-refractivity contribution in [1.29, 1.82) is 0 Å². The Kier molecular flexibility index (Phi) is 3.31. The number of likely N-dealkylation sites (N-methyl/N-ethyl adjacent to an activating group) is 1. The molecule has 2 rings (SSSR count). The Labute approximate surface area is 95.4 Å². The molecule has 15 heavy (non-hydrogen) atoms. The van der Waals surface area contributed by atoms with E-state index in [-0.39, 0.29) is 0 Å². The zero-order valence-electron chi connectivity index (χ0n) is 9.18. The van der Waals surface area contributed by atoms with Gasteiger partial charge in [-0.1, -0.05) is 18.2 Å². The molecule has 1 atom stereocenters. The molecule has 1 heterocycles. The lowest BCUT2D eigenvalue weighted by atomic mass is 9.98. The van der Waals surface area contributed by atoms with Crippen LogP contribution in [0.4, 0.5) is 0 Å². The first kappa shape index (κ1) is 10.6. The average Bonchev–Trinajstić information content (AvgIpc) is 2.29. The molecule has 0 amide bonds. The first-order valence-corrected chi connectivity index (χ1v) is 6.37. The lowest BCUT2D eigenvalue weighted by Crippen LogP contribution is -2.29. The van der Waals surface area contributed by atoms with E-state index in [1.807, 2.05) is 18.1 Å². The highest BCUT2D eigenvalue weighted by Gasteiger charge is 2.18. The van der Waals surface area contributed by atoms with Gasteiger partial charge in [0, 0.05) is 31.0 Å². The molecule has 1 aromatic carbocycles. The Bertz CT molecular complexity index is 362. The van der Waals surface area contributed by atoms with E-state index in [0.717, 1.165) is 13.1 Å². The van der Waals surface area contributed by atoms with Gasteiger partial charge in [0.05, 0.1) is 6.34 Å². The molecule has 0 spiro atoms. The van der Waals surface area contributed by atoms with Crippen LogP contribution in [0.25, 0.3) is 0 Å². The summed E-state index contributed by atoms with van der Waals surface area (Å²) < 4.78 is 0. The van der Waals surface area contributed by atoms with E-state index >= 15 is 0 Å². The number of nitrogens with zero attached hydrogens (tertiary/aromatic N) is 2. The molecule has 0 saturated carbocycles. The predicted molar refractivity (Wildman–Crippen MR) is 67.0 cm³/mol. The second-order valence-electron chi connectivity index (χ2n) is 3.86. The molecule has 0 aromatic heterocycles. The summed E-state index contributed by atoms with van der Waals surface area (Å²) in [5, 5.41) is 0. The molecular formula is C12H16N2S. The fourth-order valence-corrected chi connectivity index (χ4v) is 2.65. The maximum absolute atomic E-state index is 4.38. The first-order valence-electron chi connectivity index (χ1n) is 5.14. The summed E-state index contributed by atoms with van der Waals surface area (Å²) in [5.74, 6) is 0.545. The van der Waals surface area contributed by atoms with E-state index < -0.39 is 0 Å². The van der Waals surface area contributed by atoms with Crippen LogP contribution < -0.4 is 0 Å². The Morgan fingerprint density at radius 2 is 2.20 bits per heavy atom. The molecule has 1 unspecified atom stereocenters. The number of benzene rings is 1. The van der Waals surface area contributed by atoms with Crippen molar-refractivity contribution >= 4 is 18.1 Å². The molecule has 0 aliphatic carbocycles. The van der Waals surface area contributed by atoms with Crippen molar-refractivity contribution in [2.45, 2.75) is 10.8 Å². The van der Waals surface area contributed by atoms with E-state index in [4.69, 9.17) is 0 Å². The van der Waals surface area contributed by atoms with Crippen molar-refractivity contribution in [3.63, 3.8) is 0 Å². The van der Waals surface area contributed by atoms with Gasteiger partial charge in [0.2, 0.25) is 0 Å². The van der Waals surface area contributed by atoms with Crippen molar-refractivity contribution in [1.82, 2.24) is 4.90 Å². The molecule has 1 aliphatic rings. The third-order valence-electron chi connectivity index (χ3n) is 2.69. The van der Waals surface area contributed by atoms with E-state index in [1.54, 1.807) is 0 Å². The maximum atomic E-state index is 4.38. The molecule has 2 nitrogen and oxygen atoms in total. The summed E-state index contributed by atoms with van der Waals surface area (Å²) in [5.41, 5.74) is 1.44. The monoisotopic (exact) mass is 220 g/mol. The van der Waals surface area contributed by atoms with Gasteiger partial charge in [0.15, 0.2) is 0 Å². The van der Waals surface area contributed by atoms with E-state index in [0.29, 0.717) is 5.92 Å². The molecule has 0 saturated heterocycles. The molecule has 1 aliphatic heterocycles. The van der Waals surface area contributed by atoms with E-state index in [9.17, 15) is 0 Å². The van der Waals surface area contributed by atoms with Crippen LogP contribution in [0.1, 0.15) is 11.5 Å². The minimum absolute atomic E-state index is 0.545. The molecule has 0 N–H and O–H groups in total. The highest BCUT2D eigenvalue weighted by Crippen LogP contribution is 2.28. The summed E-state index contributed by atoms with van der Waals surface area (Å²) in [4.78, 5) is 7.92. The summed E-state index contributed by atoms with van der Waals surface area (Å²) in [7, 11) is 2.08. The van der Waals surface area contributed by atoms with Crippen LogP contribution in [0.15, 0.2) is 34.2 Å². The SMILES string of the molecule is CSc1ccccc1C1CN=CN(C)C1. The van der Waals surface area contributed by atoms with Crippen molar-refractivity contribution in [3.8, 4) is 0 Å². The molecular weight excluding hydrogens is 204 g/mol. The highest BCUT2D eigenvalue weighted by atomic mass is 32.2. The first-order chi connectivity index (χ1) is 7.31. The smallest absolute Gasteiger partial charge is 0.0847 e. The van der Waals surface area contributed by atoms with Crippen LogP contribution in [-0.4, -0.2) is 37.6 Å². The molecule has 80 valence electrons. The number of aliphatic imine (C=N–C) groups is 1. The van der Waals surface area contributed by atoms with Crippen molar-refractivity contribution < 1.29 is 0 Å². The van der Waals surface area contributed by atoms with Gasteiger partial charge in [-0.2, -0.15) is 0 Å². The molecule has 0 radical (unpaired) electrons. The molecule has 0 fully saturated rings. The van der Waals surface area contributed by atoms with Gasteiger partial charge in [-0.15, -0.1) is 11.8 Å². The zero-order valence-corrected chi connectivity index (χ0v) is 10.00. The van der Waals surface area contributed by atoms with Crippen molar-refractivity contribution in [2.24, 2.45) is 4.99 Å². The maximum Gasteiger partial charge on any atom is 0.0847 e.